The van der Waals surface area contributed by atoms with Gasteiger partial charge in [-0.2, -0.15) is 0 Å². The van der Waals surface area contributed by atoms with Gasteiger partial charge in [0, 0.05) is 49.5 Å². The Morgan fingerprint density at radius 1 is 1.23 bits per heavy atom. The number of nitrogens with zero attached hydrogens (tertiary/aromatic N) is 2. The van der Waals surface area contributed by atoms with Crippen LogP contribution in [-0.4, -0.2) is 28.3 Å². The van der Waals surface area contributed by atoms with Crippen LogP contribution in [0.4, 0.5) is 5.69 Å². The number of aromatic nitrogens is 1. The number of nitrogens with one attached hydrogen (secondary N) is 1. The van der Waals surface area contributed by atoms with Crippen molar-refractivity contribution in [3.8, 4) is 0 Å². The maximum absolute atomic E-state index is 12.7. The SMILES string of the molecule is CN(Cc1cn(C)c2ccccc12)C(=O)C=Cc1ccc2c(c1)C1(CCC1)C(=O)N2. The number of aryl methyl sites for hydroxylation is 1. The summed E-state index contributed by atoms with van der Waals surface area (Å²) in [6, 6.07) is 14.2. The van der Waals surface area contributed by atoms with Crippen molar-refractivity contribution in [3.05, 3.63) is 71.4 Å². The summed E-state index contributed by atoms with van der Waals surface area (Å²) in [5.74, 6) is 0.0757. The Morgan fingerprint density at radius 2 is 2.03 bits per heavy atom. The number of hydrogen-bond donors (Lipinski definition) is 1. The lowest BCUT2D eigenvalue weighted by Gasteiger charge is -2.36. The highest BCUT2D eigenvalue weighted by atomic mass is 16.2. The maximum atomic E-state index is 12.7. The third kappa shape index (κ3) is 2.84. The van der Waals surface area contributed by atoms with Crippen molar-refractivity contribution in [1.29, 1.82) is 0 Å². The molecular formula is C25H25N3O2. The minimum atomic E-state index is -0.339. The second kappa shape index (κ2) is 6.87. The molecule has 30 heavy (non-hydrogen) atoms. The molecule has 0 saturated heterocycles. The van der Waals surface area contributed by atoms with Crippen LogP contribution in [0.3, 0.4) is 0 Å². The molecule has 0 bridgehead atoms. The van der Waals surface area contributed by atoms with E-state index in [1.165, 1.54) is 5.39 Å². The van der Waals surface area contributed by atoms with Crippen molar-refractivity contribution in [2.24, 2.45) is 7.05 Å². The van der Waals surface area contributed by atoms with Crippen LogP contribution in [0, 0.1) is 0 Å². The van der Waals surface area contributed by atoms with Crippen LogP contribution in [0.2, 0.25) is 0 Å². The number of likely N-dealkylation sites (N-methyl/N-ethyl adjacent to an activating group) is 1. The van der Waals surface area contributed by atoms with Crippen LogP contribution in [0.1, 0.15) is 36.0 Å². The molecule has 0 atom stereocenters. The first-order valence-corrected chi connectivity index (χ1v) is 10.4. The summed E-state index contributed by atoms with van der Waals surface area (Å²) in [6.07, 6.45) is 8.45. The van der Waals surface area contributed by atoms with E-state index in [-0.39, 0.29) is 17.2 Å². The van der Waals surface area contributed by atoms with Crippen LogP contribution >= 0.6 is 0 Å². The quantitative estimate of drug-likeness (QED) is 0.668. The second-order valence-electron chi connectivity index (χ2n) is 8.50. The summed E-state index contributed by atoms with van der Waals surface area (Å²) in [4.78, 5) is 26.8. The predicted molar refractivity (Wildman–Crippen MR) is 119 cm³/mol. The van der Waals surface area contributed by atoms with E-state index in [0.29, 0.717) is 6.54 Å². The Labute approximate surface area is 176 Å². The topological polar surface area (TPSA) is 54.3 Å². The van der Waals surface area contributed by atoms with Gasteiger partial charge in [-0.1, -0.05) is 30.7 Å². The molecule has 5 rings (SSSR count). The molecule has 1 saturated carbocycles. The van der Waals surface area contributed by atoms with Gasteiger partial charge in [0.05, 0.1) is 5.41 Å². The van der Waals surface area contributed by atoms with Crippen LogP contribution < -0.4 is 5.32 Å². The minimum absolute atomic E-state index is 0.0454. The zero-order valence-corrected chi connectivity index (χ0v) is 17.3. The molecule has 3 aromatic rings. The van der Waals surface area contributed by atoms with E-state index < -0.39 is 0 Å². The fourth-order valence-corrected chi connectivity index (χ4v) is 4.74. The molecule has 1 fully saturated rings. The lowest BCUT2D eigenvalue weighted by molar-refractivity contribution is -0.125. The van der Waals surface area contributed by atoms with Gasteiger partial charge in [0.15, 0.2) is 0 Å². The lowest BCUT2D eigenvalue weighted by Crippen LogP contribution is -2.40. The largest absolute Gasteiger partial charge is 0.350 e. The fourth-order valence-electron chi connectivity index (χ4n) is 4.74. The Bertz CT molecular complexity index is 1200. The van der Waals surface area contributed by atoms with Crippen molar-refractivity contribution < 1.29 is 9.59 Å². The third-order valence-corrected chi connectivity index (χ3v) is 6.63. The van der Waals surface area contributed by atoms with E-state index in [0.717, 1.165) is 47.2 Å². The summed E-state index contributed by atoms with van der Waals surface area (Å²) >= 11 is 0. The zero-order valence-electron chi connectivity index (χ0n) is 17.3. The molecule has 1 aliphatic carbocycles. The Balaban J connectivity index is 1.32. The second-order valence-corrected chi connectivity index (χ2v) is 8.50. The normalized spacial score (nSPS) is 16.7. The highest BCUT2D eigenvalue weighted by Gasteiger charge is 2.50. The molecule has 1 aromatic heterocycles. The van der Waals surface area contributed by atoms with Gasteiger partial charge >= 0.3 is 0 Å². The van der Waals surface area contributed by atoms with Crippen molar-refractivity contribution in [3.63, 3.8) is 0 Å². The number of fused-ring (bicyclic) bond motifs is 3. The van der Waals surface area contributed by atoms with Crippen molar-refractivity contribution in [2.45, 2.75) is 31.2 Å². The van der Waals surface area contributed by atoms with E-state index in [9.17, 15) is 9.59 Å². The first-order valence-electron chi connectivity index (χ1n) is 10.4. The van der Waals surface area contributed by atoms with Crippen molar-refractivity contribution in [1.82, 2.24) is 9.47 Å². The molecule has 1 N–H and O–H groups in total. The van der Waals surface area contributed by atoms with Gasteiger partial charge in [-0.15, -0.1) is 0 Å². The number of benzene rings is 2. The van der Waals surface area contributed by atoms with Gasteiger partial charge in [0.25, 0.3) is 0 Å². The zero-order chi connectivity index (χ0) is 20.9. The molecule has 2 aliphatic rings. The first kappa shape index (κ1) is 18.7. The molecule has 0 radical (unpaired) electrons. The van der Waals surface area contributed by atoms with Crippen LogP contribution in [-0.2, 0) is 28.6 Å². The average molecular weight is 399 g/mol. The Kier molecular flexibility index (Phi) is 4.28. The van der Waals surface area contributed by atoms with Crippen LogP contribution in [0.25, 0.3) is 17.0 Å². The number of amides is 2. The highest BCUT2D eigenvalue weighted by molar-refractivity contribution is 6.07. The first-order chi connectivity index (χ1) is 14.5. The van der Waals surface area contributed by atoms with E-state index >= 15 is 0 Å². The summed E-state index contributed by atoms with van der Waals surface area (Å²) in [7, 11) is 3.85. The molecule has 2 aromatic carbocycles. The lowest BCUT2D eigenvalue weighted by atomic mass is 9.65. The molecule has 0 unspecified atom stereocenters. The summed E-state index contributed by atoms with van der Waals surface area (Å²) < 4.78 is 2.09. The molecule has 5 nitrogen and oxygen atoms in total. The fraction of sp³-hybridized carbons (Fsp3) is 0.280. The Hall–Kier alpha value is -3.34. The number of para-hydroxylation sites is 1. The molecule has 1 spiro atoms. The molecular weight excluding hydrogens is 374 g/mol. The summed E-state index contributed by atoms with van der Waals surface area (Å²) in [5, 5.41) is 4.18. The van der Waals surface area contributed by atoms with E-state index in [4.69, 9.17) is 0 Å². The number of hydrogen-bond acceptors (Lipinski definition) is 2. The maximum Gasteiger partial charge on any atom is 0.246 e. The van der Waals surface area contributed by atoms with Gasteiger partial charge in [-0.05, 0) is 53.8 Å². The van der Waals surface area contributed by atoms with Gasteiger partial charge < -0.3 is 14.8 Å². The van der Waals surface area contributed by atoms with Gasteiger partial charge in [0.2, 0.25) is 11.8 Å². The third-order valence-electron chi connectivity index (χ3n) is 6.63. The van der Waals surface area contributed by atoms with E-state index in [2.05, 4.69) is 34.3 Å². The number of carbonyl (C=O) groups is 2. The smallest absolute Gasteiger partial charge is 0.246 e. The van der Waals surface area contributed by atoms with Gasteiger partial charge in [0.1, 0.15) is 0 Å². The Morgan fingerprint density at radius 3 is 2.80 bits per heavy atom. The number of rotatable bonds is 4. The molecule has 1 aliphatic heterocycles. The highest BCUT2D eigenvalue weighted by Crippen LogP contribution is 2.51. The van der Waals surface area contributed by atoms with Crippen molar-refractivity contribution in [2.75, 3.05) is 12.4 Å². The molecule has 152 valence electrons. The van der Waals surface area contributed by atoms with Gasteiger partial charge in [-0.3, -0.25) is 9.59 Å². The van der Waals surface area contributed by atoms with Crippen LogP contribution in [0.15, 0.2) is 54.7 Å². The van der Waals surface area contributed by atoms with Crippen molar-refractivity contribution >= 4 is 34.5 Å². The summed E-state index contributed by atoms with van der Waals surface area (Å²) in [6.45, 7) is 0.552. The number of anilines is 1. The van der Waals surface area contributed by atoms with Gasteiger partial charge in [-0.25, -0.2) is 0 Å². The molecule has 5 heteroatoms. The average Bonchev–Trinajstić information content (AvgIpc) is 3.19. The summed E-state index contributed by atoms with van der Waals surface area (Å²) in [5.41, 5.74) is 4.90. The van der Waals surface area contributed by atoms with E-state index in [1.54, 1.807) is 11.0 Å². The minimum Gasteiger partial charge on any atom is -0.350 e. The van der Waals surface area contributed by atoms with Crippen LogP contribution in [0.5, 0.6) is 0 Å². The number of carbonyl (C=O) groups excluding carboxylic acids is 2. The standard InChI is InChI=1S/C25H25N3O2/c1-27-15-18(19-6-3-4-7-22(19)27)16-28(2)23(29)11-9-17-8-10-21-20(14-17)25(12-5-13-25)24(30)26-21/h3-4,6-11,14-15H,5,12-13,16H2,1-2H3,(H,26,30). The monoisotopic (exact) mass is 399 g/mol. The predicted octanol–water partition coefficient (Wildman–Crippen LogP) is 4.22. The molecule has 2 heterocycles. The van der Waals surface area contributed by atoms with E-state index in [1.807, 2.05) is 44.4 Å². The molecule has 2 amide bonds.